The number of amides is 1. The van der Waals surface area contributed by atoms with Crippen molar-refractivity contribution in [2.75, 3.05) is 11.7 Å². The van der Waals surface area contributed by atoms with Crippen LogP contribution in [0.2, 0.25) is 0 Å². The largest absolute Gasteiger partial charge is 0.502 e. The number of fused-ring (bicyclic) bond motifs is 1. The van der Waals surface area contributed by atoms with Crippen molar-refractivity contribution in [3.63, 3.8) is 0 Å². The van der Waals surface area contributed by atoms with Crippen LogP contribution >= 0.6 is 11.3 Å². The summed E-state index contributed by atoms with van der Waals surface area (Å²) in [7, 11) is 0. The van der Waals surface area contributed by atoms with Crippen LogP contribution in [0.1, 0.15) is 37.1 Å². The van der Waals surface area contributed by atoms with Crippen molar-refractivity contribution in [2.24, 2.45) is 0 Å². The van der Waals surface area contributed by atoms with Gasteiger partial charge in [-0.15, -0.1) is 11.3 Å². The van der Waals surface area contributed by atoms with Crippen molar-refractivity contribution in [2.45, 2.75) is 20.0 Å². The first-order valence-electron chi connectivity index (χ1n) is 9.16. The molecule has 3 heterocycles. The Hall–Kier alpha value is -3.73. The SMILES string of the molecule is Cc1nc(CN2CN(Cc3ccc(F)cc3)C(=O)c3c(O)c(=O)c(C(=O)O)cn32)cs1. The Labute approximate surface area is 179 Å². The number of rotatable bonds is 5. The van der Waals surface area contributed by atoms with Crippen LogP contribution in [0.25, 0.3) is 0 Å². The quantitative estimate of drug-likeness (QED) is 0.618. The molecule has 11 heteroatoms. The highest BCUT2D eigenvalue weighted by atomic mass is 32.1. The number of hydrogen-bond donors (Lipinski definition) is 2. The fourth-order valence-electron chi connectivity index (χ4n) is 3.37. The summed E-state index contributed by atoms with van der Waals surface area (Å²) in [5, 5.41) is 24.0. The van der Waals surface area contributed by atoms with Crippen molar-refractivity contribution in [3.8, 4) is 5.75 Å². The number of aromatic carboxylic acids is 1. The standard InChI is InChI=1S/C20H17FN4O5S/c1-11-22-14(9-31-11)7-24-10-23(6-12-2-4-13(21)5-3-12)19(28)16-18(27)17(26)15(20(29)30)8-25(16)24/h2-5,8-9,27H,6-7,10H2,1H3,(H,29,30). The Bertz CT molecular complexity index is 1240. The van der Waals surface area contributed by atoms with E-state index in [0.29, 0.717) is 11.3 Å². The highest BCUT2D eigenvalue weighted by Gasteiger charge is 2.34. The summed E-state index contributed by atoms with van der Waals surface area (Å²) in [5.41, 5.74) is -0.799. The van der Waals surface area contributed by atoms with Gasteiger partial charge < -0.3 is 15.1 Å². The normalized spacial score (nSPS) is 13.4. The lowest BCUT2D eigenvalue weighted by Gasteiger charge is -2.39. The fourth-order valence-corrected chi connectivity index (χ4v) is 3.97. The van der Waals surface area contributed by atoms with Gasteiger partial charge >= 0.3 is 5.97 Å². The van der Waals surface area contributed by atoms with Gasteiger partial charge in [-0.1, -0.05) is 12.1 Å². The second-order valence-corrected chi connectivity index (χ2v) is 8.07. The van der Waals surface area contributed by atoms with E-state index in [-0.39, 0.29) is 25.5 Å². The number of carboxylic acid groups (broad SMARTS) is 1. The van der Waals surface area contributed by atoms with Crippen LogP contribution in [0, 0.1) is 12.7 Å². The number of thiazole rings is 1. The second kappa shape index (κ2) is 7.84. The van der Waals surface area contributed by atoms with Crippen LogP contribution in [0.15, 0.2) is 40.6 Å². The molecule has 9 nitrogen and oxygen atoms in total. The van der Waals surface area contributed by atoms with Crippen LogP contribution in [0.3, 0.4) is 0 Å². The molecular weight excluding hydrogens is 427 g/mol. The molecule has 0 unspecified atom stereocenters. The van der Waals surface area contributed by atoms with E-state index in [9.17, 15) is 29.0 Å². The van der Waals surface area contributed by atoms with Crippen LogP contribution in [-0.4, -0.2) is 43.3 Å². The van der Waals surface area contributed by atoms with Crippen molar-refractivity contribution in [1.29, 1.82) is 0 Å². The zero-order valence-electron chi connectivity index (χ0n) is 16.3. The van der Waals surface area contributed by atoms with Gasteiger partial charge in [-0.3, -0.25) is 19.3 Å². The molecule has 0 saturated carbocycles. The molecule has 1 aliphatic rings. The van der Waals surface area contributed by atoms with Gasteiger partial charge in [0.2, 0.25) is 5.43 Å². The number of nitrogens with zero attached hydrogens (tertiary/aromatic N) is 4. The molecule has 2 aromatic heterocycles. The van der Waals surface area contributed by atoms with Crippen LogP contribution in [0.5, 0.6) is 5.75 Å². The van der Waals surface area contributed by atoms with E-state index < -0.39 is 34.4 Å². The predicted molar refractivity (Wildman–Crippen MR) is 109 cm³/mol. The molecule has 0 saturated heterocycles. The molecule has 4 rings (SSSR count). The Balaban J connectivity index is 1.79. The van der Waals surface area contributed by atoms with E-state index in [1.54, 1.807) is 5.01 Å². The number of benzene rings is 1. The van der Waals surface area contributed by atoms with E-state index in [4.69, 9.17) is 0 Å². The van der Waals surface area contributed by atoms with Crippen molar-refractivity contribution < 1.29 is 24.2 Å². The molecule has 31 heavy (non-hydrogen) atoms. The molecule has 1 aromatic carbocycles. The average molecular weight is 444 g/mol. The number of carbonyl (C=O) groups is 2. The van der Waals surface area contributed by atoms with Gasteiger partial charge in [-0.05, 0) is 24.6 Å². The zero-order chi connectivity index (χ0) is 22.3. The minimum Gasteiger partial charge on any atom is -0.502 e. The lowest BCUT2D eigenvalue weighted by Crippen LogP contribution is -2.53. The molecule has 1 aliphatic heterocycles. The van der Waals surface area contributed by atoms with Crippen LogP contribution < -0.4 is 10.4 Å². The molecule has 1 amide bonds. The molecule has 0 spiro atoms. The van der Waals surface area contributed by atoms with E-state index in [1.807, 2.05) is 12.3 Å². The minimum absolute atomic E-state index is 0.0289. The maximum atomic E-state index is 13.2. The first kappa shape index (κ1) is 20.5. The summed E-state index contributed by atoms with van der Waals surface area (Å²) in [6.45, 7) is 2.17. The number of carboxylic acids is 1. The van der Waals surface area contributed by atoms with Gasteiger partial charge in [0, 0.05) is 18.1 Å². The van der Waals surface area contributed by atoms with Gasteiger partial charge in [-0.25, -0.2) is 14.2 Å². The maximum Gasteiger partial charge on any atom is 0.341 e. The summed E-state index contributed by atoms with van der Waals surface area (Å²) in [6, 6.07) is 5.61. The maximum absolute atomic E-state index is 13.2. The highest BCUT2D eigenvalue weighted by molar-refractivity contribution is 7.09. The third-order valence-electron chi connectivity index (χ3n) is 4.82. The minimum atomic E-state index is -1.51. The predicted octanol–water partition coefficient (Wildman–Crippen LogP) is 1.91. The first-order valence-corrected chi connectivity index (χ1v) is 10.0. The molecule has 3 aromatic rings. The number of aromatic nitrogens is 2. The summed E-state index contributed by atoms with van der Waals surface area (Å²) in [4.78, 5) is 42.6. The first-order chi connectivity index (χ1) is 14.7. The number of aromatic hydroxyl groups is 1. The highest BCUT2D eigenvalue weighted by Crippen LogP contribution is 2.24. The summed E-state index contributed by atoms with van der Waals surface area (Å²) >= 11 is 1.44. The fraction of sp³-hybridized carbons (Fsp3) is 0.200. The molecule has 2 N–H and O–H groups in total. The molecule has 0 aliphatic carbocycles. The van der Waals surface area contributed by atoms with Gasteiger partial charge in [0.15, 0.2) is 11.4 Å². The number of carbonyl (C=O) groups excluding carboxylic acids is 1. The number of aryl methyl sites for hydroxylation is 1. The van der Waals surface area contributed by atoms with Crippen LogP contribution in [0.4, 0.5) is 4.39 Å². The number of hydrogen-bond acceptors (Lipinski definition) is 7. The van der Waals surface area contributed by atoms with Crippen LogP contribution in [-0.2, 0) is 13.1 Å². The topological polar surface area (TPSA) is 116 Å². The Morgan fingerprint density at radius 3 is 2.55 bits per heavy atom. The Morgan fingerprint density at radius 1 is 1.23 bits per heavy atom. The lowest BCUT2D eigenvalue weighted by atomic mass is 10.1. The zero-order valence-corrected chi connectivity index (χ0v) is 17.1. The summed E-state index contributed by atoms with van der Waals surface area (Å²) in [5.74, 6) is -3.51. The third kappa shape index (κ3) is 3.87. The van der Waals surface area contributed by atoms with Gasteiger partial charge in [0.25, 0.3) is 5.91 Å². The summed E-state index contributed by atoms with van der Waals surface area (Å²) < 4.78 is 14.4. The second-order valence-electron chi connectivity index (χ2n) is 7.01. The average Bonchev–Trinajstić information content (AvgIpc) is 3.13. The Morgan fingerprint density at radius 2 is 1.94 bits per heavy atom. The third-order valence-corrected chi connectivity index (χ3v) is 5.64. The van der Waals surface area contributed by atoms with E-state index in [0.717, 1.165) is 11.2 Å². The molecule has 0 fully saturated rings. The van der Waals surface area contributed by atoms with Crippen molar-refractivity contribution >= 4 is 23.2 Å². The van der Waals surface area contributed by atoms with Gasteiger partial charge in [-0.2, -0.15) is 0 Å². The molecule has 0 bridgehead atoms. The number of halogens is 1. The van der Waals surface area contributed by atoms with Gasteiger partial charge in [0.05, 0.1) is 17.2 Å². The van der Waals surface area contributed by atoms with Crippen molar-refractivity contribution in [1.82, 2.24) is 14.6 Å². The lowest BCUT2D eigenvalue weighted by molar-refractivity contribution is 0.0654. The smallest absolute Gasteiger partial charge is 0.341 e. The molecule has 160 valence electrons. The van der Waals surface area contributed by atoms with Crippen molar-refractivity contribution in [3.05, 3.63) is 79.4 Å². The van der Waals surface area contributed by atoms with Gasteiger partial charge in [0.1, 0.15) is 18.0 Å². The molecule has 0 radical (unpaired) electrons. The van der Waals surface area contributed by atoms with E-state index in [1.165, 1.54) is 45.2 Å². The van der Waals surface area contributed by atoms with E-state index in [2.05, 4.69) is 4.98 Å². The monoisotopic (exact) mass is 444 g/mol. The molecule has 0 atom stereocenters. The van der Waals surface area contributed by atoms with E-state index >= 15 is 0 Å². The number of pyridine rings is 1. The Kier molecular flexibility index (Phi) is 5.19. The molecular formula is C20H17FN4O5S. The summed E-state index contributed by atoms with van der Waals surface area (Å²) in [6.07, 6.45) is 1.03.